The van der Waals surface area contributed by atoms with Crippen LogP contribution in [0.4, 0.5) is 5.69 Å². The second-order valence-electron chi connectivity index (χ2n) is 6.54. The summed E-state index contributed by atoms with van der Waals surface area (Å²) in [5.74, 6) is 1.19. The van der Waals surface area contributed by atoms with E-state index in [0.717, 1.165) is 24.2 Å². The molecule has 1 unspecified atom stereocenters. The maximum atomic E-state index is 9.72. The molecule has 140 valence electrons. The maximum Gasteiger partial charge on any atom is 0.228 e. The number of aromatic nitrogens is 1. The van der Waals surface area contributed by atoms with Crippen LogP contribution in [0.1, 0.15) is 24.3 Å². The monoisotopic (exact) mass is 366 g/mol. The number of fused-ring (bicyclic) bond motifs is 1. The van der Waals surface area contributed by atoms with Crippen molar-refractivity contribution >= 4 is 22.6 Å². The van der Waals surface area contributed by atoms with Crippen molar-refractivity contribution in [1.29, 1.82) is 0 Å². The van der Waals surface area contributed by atoms with Crippen molar-refractivity contribution in [1.82, 2.24) is 9.88 Å². The molecule has 1 atom stereocenters. The molecule has 1 fully saturated rings. The fourth-order valence-corrected chi connectivity index (χ4v) is 3.32. The maximum absolute atomic E-state index is 9.72. The highest BCUT2D eigenvalue weighted by atomic mass is 16.5. The van der Waals surface area contributed by atoms with Crippen LogP contribution >= 0.6 is 0 Å². The molecule has 3 aromatic rings. The van der Waals surface area contributed by atoms with Gasteiger partial charge in [0.2, 0.25) is 5.71 Å². The third-order valence-electron chi connectivity index (χ3n) is 4.81. The number of phenolic OH excluding ortho intramolecular Hbond substituents is 1. The number of aromatic hydroxyl groups is 1. The summed E-state index contributed by atoms with van der Waals surface area (Å²) in [6, 6.07) is 10.5. The number of nitrogens with zero attached hydrogens (tertiary/aromatic N) is 3. The minimum Gasteiger partial charge on any atom is -0.508 e. The fraction of sp³-hybridized carbons (Fsp3) is 0.300. The van der Waals surface area contributed by atoms with Crippen LogP contribution in [0, 0.1) is 0 Å². The van der Waals surface area contributed by atoms with E-state index < -0.39 is 0 Å². The van der Waals surface area contributed by atoms with Gasteiger partial charge in [-0.25, -0.2) is 9.98 Å². The second-order valence-corrected chi connectivity index (χ2v) is 6.54. The van der Waals surface area contributed by atoms with Crippen LogP contribution in [0.5, 0.6) is 5.75 Å². The summed E-state index contributed by atoms with van der Waals surface area (Å²) >= 11 is 0. The van der Waals surface area contributed by atoms with Gasteiger partial charge in [0.25, 0.3) is 0 Å². The third kappa shape index (κ3) is 3.51. The van der Waals surface area contributed by atoms with E-state index in [2.05, 4.69) is 21.8 Å². The molecule has 3 N–H and O–H groups in total. The summed E-state index contributed by atoms with van der Waals surface area (Å²) in [6.45, 7) is 5.15. The zero-order valence-corrected chi connectivity index (χ0v) is 15.1. The zero-order chi connectivity index (χ0) is 18.8. The SMILES string of the molecule is CC(c1oc2ncccc2c1N=C(N)c1cccc(O)c1)N1CCOCC1. The van der Waals surface area contributed by atoms with Gasteiger partial charge < -0.3 is 20.0 Å². The highest BCUT2D eigenvalue weighted by Gasteiger charge is 2.26. The Morgan fingerprint density at radius 2 is 2.07 bits per heavy atom. The number of hydrogen-bond donors (Lipinski definition) is 2. The predicted octanol–water partition coefficient (Wildman–Crippen LogP) is 2.96. The van der Waals surface area contributed by atoms with Crippen molar-refractivity contribution in [2.75, 3.05) is 26.3 Å². The molecule has 2 aromatic heterocycles. The van der Waals surface area contributed by atoms with Crippen molar-refractivity contribution in [3.05, 3.63) is 53.9 Å². The van der Waals surface area contributed by atoms with E-state index in [4.69, 9.17) is 14.9 Å². The summed E-state index contributed by atoms with van der Waals surface area (Å²) in [4.78, 5) is 11.3. The van der Waals surface area contributed by atoms with Crippen LogP contribution in [0.15, 0.2) is 52.0 Å². The Balaban J connectivity index is 1.79. The van der Waals surface area contributed by atoms with Crippen LogP contribution in [0.3, 0.4) is 0 Å². The average Bonchev–Trinajstić information content (AvgIpc) is 3.06. The van der Waals surface area contributed by atoms with E-state index in [1.165, 1.54) is 0 Å². The van der Waals surface area contributed by atoms with E-state index in [0.29, 0.717) is 36.0 Å². The first-order valence-electron chi connectivity index (χ1n) is 8.96. The van der Waals surface area contributed by atoms with Crippen LogP contribution in [0.2, 0.25) is 0 Å². The van der Waals surface area contributed by atoms with Gasteiger partial charge in [0.15, 0.2) is 0 Å². The lowest BCUT2D eigenvalue weighted by atomic mass is 10.1. The summed E-state index contributed by atoms with van der Waals surface area (Å²) in [6.07, 6.45) is 1.70. The molecule has 1 aromatic carbocycles. The Morgan fingerprint density at radius 3 is 2.85 bits per heavy atom. The van der Waals surface area contributed by atoms with Crippen LogP contribution in [0.25, 0.3) is 11.1 Å². The number of amidine groups is 1. The Morgan fingerprint density at radius 1 is 1.26 bits per heavy atom. The van der Waals surface area contributed by atoms with Gasteiger partial charge in [0, 0.05) is 24.8 Å². The van der Waals surface area contributed by atoms with Gasteiger partial charge in [0.1, 0.15) is 23.0 Å². The molecule has 0 spiro atoms. The first-order valence-corrected chi connectivity index (χ1v) is 8.96. The van der Waals surface area contributed by atoms with Crippen molar-refractivity contribution in [3.63, 3.8) is 0 Å². The minimum absolute atomic E-state index is 0.0128. The number of furan rings is 1. The van der Waals surface area contributed by atoms with Crippen molar-refractivity contribution < 1.29 is 14.3 Å². The zero-order valence-electron chi connectivity index (χ0n) is 15.1. The first kappa shape index (κ1) is 17.5. The summed E-state index contributed by atoms with van der Waals surface area (Å²) < 4.78 is 11.5. The molecule has 0 bridgehead atoms. The fourth-order valence-electron chi connectivity index (χ4n) is 3.32. The van der Waals surface area contributed by atoms with E-state index >= 15 is 0 Å². The number of pyridine rings is 1. The number of aliphatic imine (C=N–C) groups is 1. The number of nitrogens with two attached hydrogens (primary N) is 1. The Hall–Kier alpha value is -2.90. The standard InChI is InChI=1S/C20H22N4O3/c1-13(24-8-10-26-11-9-24)18-17(16-6-3-7-22-20(16)27-18)23-19(21)14-4-2-5-15(25)12-14/h2-7,12-13,25H,8-11H2,1H3,(H2,21,23). The number of rotatable bonds is 4. The molecule has 7 heteroatoms. The summed E-state index contributed by atoms with van der Waals surface area (Å²) in [7, 11) is 0. The normalized spacial score (nSPS) is 17.3. The smallest absolute Gasteiger partial charge is 0.228 e. The van der Waals surface area contributed by atoms with Gasteiger partial charge in [-0.3, -0.25) is 4.90 Å². The van der Waals surface area contributed by atoms with E-state index in [-0.39, 0.29) is 11.8 Å². The molecule has 3 heterocycles. The largest absolute Gasteiger partial charge is 0.508 e. The molecule has 27 heavy (non-hydrogen) atoms. The molecule has 4 rings (SSSR count). The second kappa shape index (κ2) is 7.38. The first-order chi connectivity index (χ1) is 13.1. The predicted molar refractivity (Wildman–Crippen MR) is 103 cm³/mol. The molecule has 0 saturated carbocycles. The molecule has 0 radical (unpaired) electrons. The van der Waals surface area contributed by atoms with Gasteiger partial charge in [-0.1, -0.05) is 12.1 Å². The molecule has 0 amide bonds. The summed E-state index contributed by atoms with van der Waals surface area (Å²) in [5, 5.41) is 10.5. The lowest BCUT2D eigenvalue weighted by Gasteiger charge is -2.31. The number of ether oxygens (including phenoxy) is 1. The molecule has 1 aliphatic rings. The van der Waals surface area contributed by atoms with Crippen molar-refractivity contribution in [2.45, 2.75) is 13.0 Å². The third-order valence-corrected chi connectivity index (χ3v) is 4.81. The van der Waals surface area contributed by atoms with Gasteiger partial charge in [-0.05, 0) is 31.2 Å². The quantitative estimate of drug-likeness (QED) is 0.544. The van der Waals surface area contributed by atoms with Gasteiger partial charge >= 0.3 is 0 Å². The topological polar surface area (TPSA) is 97.1 Å². The lowest BCUT2D eigenvalue weighted by Crippen LogP contribution is -2.37. The minimum atomic E-state index is 0.0128. The number of morpholine rings is 1. The Bertz CT molecular complexity index is 976. The van der Waals surface area contributed by atoms with Crippen molar-refractivity contribution in [2.24, 2.45) is 10.7 Å². The van der Waals surface area contributed by atoms with E-state index in [1.54, 1.807) is 24.4 Å². The highest BCUT2D eigenvalue weighted by molar-refractivity contribution is 6.02. The lowest BCUT2D eigenvalue weighted by molar-refractivity contribution is 0.0161. The van der Waals surface area contributed by atoms with Crippen LogP contribution in [-0.2, 0) is 4.74 Å². The average molecular weight is 366 g/mol. The highest BCUT2D eigenvalue weighted by Crippen LogP contribution is 2.38. The van der Waals surface area contributed by atoms with Gasteiger partial charge in [-0.15, -0.1) is 0 Å². The Kier molecular flexibility index (Phi) is 4.79. The van der Waals surface area contributed by atoms with Crippen molar-refractivity contribution in [3.8, 4) is 5.75 Å². The summed E-state index contributed by atoms with van der Waals surface area (Å²) in [5.41, 5.74) is 8.10. The van der Waals surface area contributed by atoms with E-state index in [9.17, 15) is 5.11 Å². The van der Waals surface area contributed by atoms with E-state index in [1.807, 2.05) is 18.2 Å². The van der Waals surface area contributed by atoms with Crippen LogP contribution < -0.4 is 5.73 Å². The van der Waals surface area contributed by atoms with Gasteiger partial charge in [-0.2, -0.15) is 0 Å². The molecule has 1 aliphatic heterocycles. The number of phenols is 1. The molecular formula is C20H22N4O3. The number of hydrogen-bond acceptors (Lipinski definition) is 6. The molecule has 0 aliphatic carbocycles. The number of benzene rings is 1. The van der Waals surface area contributed by atoms with Gasteiger partial charge in [0.05, 0.1) is 24.6 Å². The Labute approximate surface area is 157 Å². The van der Waals surface area contributed by atoms with Crippen LogP contribution in [-0.4, -0.2) is 47.1 Å². The molecule has 1 saturated heterocycles. The molecule has 7 nitrogen and oxygen atoms in total. The molecular weight excluding hydrogens is 344 g/mol.